The van der Waals surface area contributed by atoms with Gasteiger partial charge in [0.25, 0.3) is 5.56 Å². The molecule has 130 valence electrons. The fraction of sp³-hybridized carbons (Fsp3) is 0.176. The van der Waals surface area contributed by atoms with Crippen LogP contribution in [0.25, 0.3) is 10.9 Å². The summed E-state index contributed by atoms with van der Waals surface area (Å²) in [5, 5.41) is 10.4. The molecule has 1 atom stereocenters. The lowest BCUT2D eigenvalue weighted by Gasteiger charge is -2.14. The third-order valence-corrected chi connectivity index (χ3v) is 3.78. The summed E-state index contributed by atoms with van der Waals surface area (Å²) in [6.07, 6.45) is -4.49. The van der Waals surface area contributed by atoms with Crippen LogP contribution in [-0.2, 0) is 12.7 Å². The van der Waals surface area contributed by atoms with Crippen molar-refractivity contribution in [2.45, 2.75) is 18.8 Å². The Hall–Kier alpha value is -2.74. The van der Waals surface area contributed by atoms with Crippen molar-refractivity contribution in [3.8, 4) is 0 Å². The standard InChI is InChI=1S/C17H12F4N2O2/c18-12-5-6-13-14(7-12)22-9-23(16(13)25)8-15(24)10-1-3-11(4-2-10)17(19,20)21/h1-7,9,15,24H,8H2. The molecular weight excluding hydrogens is 340 g/mol. The van der Waals surface area contributed by atoms with Crippen molar-refractivity contribution < 1.29 is 22.7 Å². The molecule has 0 spiro atoms. The fourth-order valence-electron chi connectivity index (χ4n) is 2.45. The Morgan fingerprint density at radius 3 is 2.44 bits per heavy atom. The Balaban J connectivity index is 1.87. The van der Waals surface area contributed by atoms with Crippen molar-refractivity contribution in [3.05, 3.63) is 76.1 Å². The average molecular weight is 352 g/mol. The van der Waals surface area contributed by atoms with Gasteiger partial charge in [0.05, 0.1) is 35.4 Å². The first-order chi connectivity index (χ1) is 11.8. The maximum atomic E-state index is 13.1. The van der Waals surface area contributed by atoms with Crippen LogP contribution in [-0.4, -0.2) is 14.7 Å². The Bertz CT molecular complexity index is 965. The molecule has 0 saturated carbocycles. The van der Waals surface area contributed by atoms with E-state index in [-0.39, 0.29) is 23.0 Å². The molecule has 1 aromatic heterocycles. The van der Waals surface area contributed by atoms with Crippen LogP contribution in [0.4, 0.5) is 17.6 Å². The van der Waals surface area contributed by atoms with E-state index in [4.69, 9.17) is 0 Å². The molecule has 25 heavy (non-hydrogen) atoms. The lowest BCUT2D eigenvalue weighted by atomic mass is 10.1. The maximum absolute atomic E-state index is 13.1. The van der Waals surface area contributed by atoms with Crippen LogP contribution < -0.4 is 5.56 Å². The molecule has 0 aliphatic carbocycles. The summed E-state index contributed by atoms with van der Waals surface area (Å²) in [5.74, 6) is -0.526. The van der Waals surface area contributed by atoms with E-state index in [1.807, 2.05) is 0 Å². The number of aliphatic hydroxyl groups excluding tert-OH is 1. The summed E-state index contributed by atoms with van der Waals surface area (Å²) in [6.45, 7) is -0.190. The molecule has 3 aromatic rings. The van der Waals surface area contributed by atoms with Crippen LogP contribution in [0.3, 0.4) is 0 Å². The Labute approximate surface area is 139 Å². The molecule has 0 aliphatic heterocycles. The fourth-order valence-corrected chi connectivity index (χ4v) is 2.45. The van der Waals surface area contributed by atoms with Crippen LogP contribution >= 0.6 is 0 Å². The van der Waals surface area contributed by atoms with E-state index in [2.05, 4.69) is 4.98 Å². The highest BCUT2D eigenvalue weighted by atomic mass is 19.4. The number of fused-ring (bicyclic) bond motifs is 1. The van der Waals surface area contributed by atoms with Crippen LogP contribution in [0.15, 0.2) is 53.6 Å². The first-order valence-electron chi connectivity index (χ1n) is 7.25. The van der Waals surface area contributed by atoms with Gasteiger partial charge in [-0.3, -0.25) is 9.36 Å². The van der Waals surface area contributed by atoms with Gasteiger partial charge in [0, 0.05) is 6.07 Å². The van der Waals surface area contributed by atoms with Gasteiger partial charge in [-0.1, -0.05) is 12.1 Å². The smallest absolute Gasteiger partial charge is 0.387 e. The zero-order valence-electron chi connectivity index (χ0n) is 12.7. The summed E-state index contributed by atoms with van der Waals surface area (Å²) in [5.41, 5.74) is -0.879. The van der Waals surface area contributed by atoms with Gasteiger partial charge in [-0.2, -0.15) is 13.2 Å². The van der Waals surface area contributed by atoms with Crippen molar-refractivity contribution in [1.29, 1.82) is 0 Å². The molecule has 0 saturated heterocycles. The van der Waals surface area contributed by atoms with Crippen molar-refractivity contribution in [2.75, 3.05) is 0 Å². The maximum Gasteiger partial charge on any atom is 0.416 e. The van der Waals surface area contributed by atoms with E-state index in [9.17, 15) is 27.5 Å². The van der Waals surface area contributed by atoms with E-state index in [1.165, 1.54) is 6.07 Å². The molecule has 0 amide bonds. The highest BCUT2D eigenvalue weighted by molar-refractivity contribution is 5.77. The van der Waals surface area contributed by atoms with Crippen molar-refractivity contribution in [1.82, 2.24) is 9.55 Å². The molecule has 1 N–H and O–H groups in total. The van der Waals surface area contributed by atoms with Crippen molar-refractivity contribution >= 4 is 10.9 Å². The molecule has 4 nitrogen and oxygen atoms in total. The minimum absolute atomic E-state index is 0.184. The van der Waals surface area contributed by atoms with Crippen LogP contribution in [0.5, 0.6) is 0 Å². The summed E-state index contributed by atoms with van der Waals surface area (Å²) in [7, 11) is 0. The highest BCUT2D eigenvalue weighted by Gasteiger charge is 2.30. The van der Waals surface area contributed by atoms with Gasteiger partial charge in [0.2, 0.25) is 0 Å². The number of aromatic nitrogens is 2. The van der Waals surface area contributed by atoms with Gasteiger partial charge >= 0.3 is 6.18 Å². The van der Waals surface area contributed by atoms with Crippen molar-refractivity contribution in [3.63, 3.8) is 0 Å². The number of nitrogens with zero attached hydrogens (tertiary/aromatic N) is 2. The Kier molecular flexibility index (Phi) is 4.30. The molecule has 0 radical (unpaired) electrons. The van der Waals surface area contributed by atoms with Gasteiger partial charge in [-0.05, 0) is 29.8 Å². The SMILES string of the molecule is O=c1c2ccc(F)cc2ncn1CC(O)c1ccc(C(F)(F)F)cc1. The lowest BCUT2D eigenvalue weighted by Crippen LogP contribution is -2.23. The van der Waals surface area contributed by atoms with E-state index >= 15 is 0 Å². The first-order valence-corrected chi connectivity index (χ1v) is 7.25. The third kappa shape index (κ3) is 3.53. The topological polar surface area (TPSA) is 55.1 Å². The average Bonchev–Trinajstić information content (AvgIpc) is 2.56. The molecular formula is C17H12F4N2O2. The minimum Gasteiger partial charge on any atom is -0.387 e. The Morgan fingerprint density at radius 2 is 1.80 bits per heavy atom. The minimum atomic E-state index is -4.46. The second kappa shape index (κ2) is 6.29. The summed E-state index contributed by atoms with van der Waals surface area (Å²) < 4.78 is 51.9. The molecule has 8 heteroatoms. The van der Waals surface area contributed by atoms with Gasteiger partial charge in [0.15, 0.2) is 0 Å². The van der Waals surface area contributed by atoms with E-state index < -0.39 is 29.2 Å². The predicted molar refractivity (Wildman–Crippen MR) is 82.4 cm³/mol. The first kappa shape index (κ1) is 17.1. The zero-order valence-corrected chi connectivity index (χ0v) is 12.7. The summed E-state index contributed by atoms with van der Waals surface area (Å²) in [6, 6.07) is 7.58. The highest BCUT2D eigenvalue weighted by Crippen LogP contribution is 2.30. The van der Waals surface area contributed by atoms with E-state index in [0.717, 1.165) is 47.3 Å². The number of halogens is 4. The molecule has 2 aromatic carbocycles. The normalized spacial score (nSPS) is 13.2. The molecule has 0 bridgehead atoms. The number of hydrogen-bond acceptors (Lipinski definition) is 3. The number of alkyl halides is 3. The molecule has 3 rings (SSSR count). The quantitative estimate of drug-likeness (QED) is 0.736. The third-order valence-electron chi connectivity index (χ3n) is 3.78. The second-order valence-electron chi connectivity index (χ2n) is 5.50. The second-order valence-corrected chi connectivity index (χ2v) is 5.50. The van der Waals surface area contributed by atoms with Gasteiger partial charge < -0.3 is 5.11 Å². The van der Waals surface area contributed by atoms with Crippen LogP contribution in [0, 0.1) is 5.82 Å². The van der Waals surface area contributed by atoms with Crippen molar-refractivity contribution in [2.24, 2.45) is 0 Å². The molecule has 0 aliphatic rings. The number of hydrogen-bond donors (Lipinski definition) is 1. The van der Waals surface area contributed by atoms with E-state index in [1.54, 1.807) is 0 Å². The van der Waals surface area contributed by atoms with Crippen LogP contribution in [0.1, 0.15) is 17.2 Å². The summed E-state index contributed by atoms with van der Waals surface area (Å²) >= 11 is 0. The summed E-state index contributed by atoms with van der Waals surface area (Å²) in [4.78, 5) is 16.3. The lowest BCUT2D eigenvalue weighted by molar-refractivity contribution is -0.137. The molecule has 0 fully saturated rings. The van der Waals surface area contributed by atoms with Crippen LogP contribution in [0.2, 0.25) is 0 Å². The largest absolute Gasteiger partial charge is 0.416 e. The van der Waals surface area contributed by atoms with Gasteiger partial charge in [-0.25, -0.2) is 9.37 Å². The predicted octanol–water partition coefficient (Wildman–Crippen LogP) is 3.29. The Morgan fingerprint density at radius 1 is 1.12 bits per heavy atom. The number of aliphatic hydroxyl groups is 1. The van der Waals surface area contributed by atoms with Gasteiger partial charge in [-0.15, -0.1) is 0 Å². The monoisotopic (exact) mass is 352 g/mol. The molecule has 1 heterocycles. The van der Waals surface area contributed by atoms with E-state index in [0.29, 0.717) is 0 Å². The van der Waals surface area contributed by atoms with Gasteiger partial charge in [0.1, 0.15) is 5.82 Å². The number of benzene rings is 2. The molecule has 1 unspecified atom stereocenters. The zero-order chi connectivity index (χ0) is 18.2. The number of rotatable bonds is 3.